The van der Waals surface area contributed by atoms with Crippen LogP contribution >= 0.6 is 11.8 Å². The van der Waals surface area contributed by atoms with Crippen LogP contribution in [0, 0.1) is 6.92 Å². The Morgan fingerprint density at radius 2 is 1.55 bits per heavy atom. The van der Waals surface area contributed by atoms with Crippen molar-refractivity contribution in [3.63, 3.8) is 0 Å². The minimum absolute atomic E-state index is 0.0711. The van der Waals surface area contributed by atoms with E-state index in [2.05, 4.69) is 5.32 Å². The van der Waals surface area contributed by atoms with Gasteiger partial charge in [-0.05, 0) is 87.0 Å². The quantitative estimate of drug-likeness (QED) is 0.237. The lowest BCUT2D eigenvalue weighted by Crippen LogP contribution is -2.53. The summed E-state index contributed by atoms with van der Waals surface area (Å²) < 4.78 is 34.4. The van der Waals surface area contributed by atoms with Gasteiger partial charge in [-0.15, -0.1) is 11.8 Å². The van der Waals surface area contributed by atoms with Gasteiger partial charge in [-0.1, -0.05) is 43.7 Å². The number of ether oxygens (including phenoxy) is 1. The highest BCUT2D eigenvalue weighted by atomic mass is 32.2. The van der Waals surface area contributed by atoms with Crippen molar-refractivity contribution in [2.24, 2.45) is 0 Å². The number of nitrogens with zero attached hydrogens (tertiary/aromatic N) is 2. The van der Waals surface area contributed by atoms with Crippen LogP contribution in [0.1, 0.15) is 44.7 Å². The Labute approximate surface area is 254 Å². The molecule has 0 saturated carbocycles. The number of methoxy groups -OCH3 is 1. The lowest BCUT2D eigenvalue weighted by atomic mass is 10.1. The summed E-state index contributed by atoms with van der Waals surface area (Å²) in [4.78, 5) is 30.1. The zero-order valence-corrected chi connectivity index (χ0v) is 26.8. The van der Waals surface area contributed by atoms with Crippen molar-refractivity contribution in [3.8, 4) is 5.75 Å². The van der Waals surface area contributed by atoms with E-state index in [1.54, 1.807) is 55.6 Å². The summed E-state index contributed by atoms with van der Waals surface area (Å²) in [6.07, 6.45) is 3.01. The summed E-state index contributed by atoms with van der Waals surface area (Å²) in [5.74, 6) is -0.0877. The predicted octanol–water partition coefficient (Wildman–Crippen LogP) is 5.64. The Kier molecular flexibility index (Phi) is 11.9. The highest BCUT2D eigenvalue weighted by Crippen LogP contribution is 2.27. The molecule has 2 atom stereocenters. The van der Waals surface area contributed by atoms with E-state index in [0.717, 1.165) is 26.7 Å². The van der Waals surface area contributed by atoms with Crippen LogP contribution in [0.2, 0.25) is 0 Å². The van der Waals surface area contributed by atoms with E-state index in [4.69, 9.17) is 4.74 Å². The average molecular weight is 612 g/mol. The van der Waals surface area contributed by atoms with E-state index in [-0.39, 0.29) is 23.4 Å². The van der Waals surface area contributed by atoms with Gasteiger partial charge in [-0.25, -0.2) is 8.42 Å². The summed E-state index contributed by atoms with van der Waals surface area (Å²) in [6.45, 7) is 7.29. The van der Waals surface area contributed by atoms with Gasteiger partial charge in [0.1, 0.15) is 18.3 Å². The molecule has 8 nitrogen and oxygen atoms in total. The van der Waals surface area contributed by atoms with Crippen molar-refractivity contribution >= 4 is 39.3 Å². The van der Waals surface area contributed by atoms with Gasteiger partial charge < -0.3 is 15.0 Å². The van der Waals surface area contributed by atoms with E-state index in [1.165, 1.54) is 16.7 Å². The van der Waals surface area contributed by atoms with E-state index < -0.39 is 28.5 Å². The second kappa shape index (κ2) is 15.1. The smallest absolute Gasteiger partial charge is 0.264 e. The Morgan fingerprint density at radius 1 is 0.929 bits per heavy atom. The molecule has 0 fully saturated rings. The van der Waals surface area contributed by atoms with Gasteiger partial charge in [0.25, 0.3) is 10.0 Å². The molecule has 2 amide bonds. The minimum atomic E-state index is -4.12. The Balaban J connectivity index is 2.05. The number of carbonyl (C=O) groups is 2. The third-order valence-corrected chi connectivity index (χ3v) is 9.68. The monoisotopic (exact) mass is 611 g/mol. The van der Waals surface area contributed by atoms with Crippen molar-refractivity contribution in [1.29, 1.82) is 0 Å². The number of aryl methyl sites for hydroxylation is 1. The van der Waals surface area contributed by atoms with E-state index in [1.807, 2.05) is 58.2 Å². The van der Waals surface area contributed by atoms with Crippen LogP contribution in [0.5, 0.6) is 5.75 Å². The van der Waals surface area contributed by atoms with Gasteiger partial charge in [0.05, 0.1) is 17.7 Å². The maximum Gasteiger partial charge on any atom is 0.264 e. The van der Waals surface area contributed by atoms with Gasteiger partial charge in [0.15, 0.2) is 0 Å². The number of hydrogen-bond acceptors (Lipinski definition) is 6. The van der Waals surface area contributed by atoms with Crippen molar-refractivity contribution < 1.29 is 22.7 Å². The molecule has 0 heterocycles. The van der Waals surface area contributed by atoms with Gasteiger partial charge >= 0.3 is 0 Å². The molecule has 3 rings (SSSR count). The number of anilines is 1. The number of thioether (sulfide) groups is 1. The van der Waals surface area contributed by atoms with Crippen LogP contribution in [0.3, 0.4) is 0 Å². The predicted molar refractivity (Wildman–Crippen MR) is 169 cm³/mol. The topological polar surface area (TPSA) is 96.0 Å². The maximum absolute atomic E-state index is 14.2. The SMILES string of the molecule is CC[C@H](C(=O)N[C@@H](C)CC)N(Cc1ccc(OC)cc1)C(=O)CN(c1ccc(C)cc1)S(=O)(=O)c1ccc(SC)cc1. The van der Waals surface area contributed by atoms with Crippen LogP contribution in [0.25, 0.3) is 0 Å². The van der Waals surface area contributed by atoms with E-state index >= 15 is 0 Å². The van der Waals surface area contributed by atoms with E-state index in [0.29, 0.717) is 17.9 Å². The third-order valence-electron chi connectivity index (χ3n) is 7.15. The van der Waals surface area contributed by atoms with Crippen LogP contribution in [0.4, 0.5) is 5.69 Å². The van der Waals surface area contributed by atoms with Gasteiger partial charge in [0.2, 0.25) is 11.8 Å². The van der Waals surface area contributed by atoms with Crippen LogP contribution in [-0.4, -0.2) is 57.1 Å². The Bertz CT molecular complexity index is 1430. The normalized spacial score (nSPS) is 12.7. The fraction of sp³-hybridized carbons (Fsp3) is 0.375. The molecule has 10 heteroatoms. The second-order valence-electron chi connectivity index (χ2n) is 10.1. The minimum Gasteiger partial charge on any atom is -0.497 e. The van der Waals surface area contributed by atoms with Gasteiger partial charge in [-0.3, -0.25) is 13.9 Å². The number of benzene rings is 3. The Hall–Kier alpha value is -3.50. The van der Waals surface area contributed by atoms with Crippen LogP contribution in [-0.2, 0) is 26.2 Å². The van der Waals surface area contributed by atoms with Crippen molar-refractivity contribution in [1.82, 2.24) is 10.2 Å². The van der Waals surface area contributed by atoms with Crippen LogP contribution < -0.4 is 14.4 Å². The van der Waals surface area contributed by atoms with Crippen molar-refractivity contribution in [2.75, 3.05) is 24.2 Å². The average Bonchev–Trinajstić information content (AvgIpc) is 3.00. The standard InChI is InChI=1S/C32H41N3O5S2/c1-7-24(4)33-32(37)30(8-2)34(21-25-11-15-27(40-5)16-12-25)31(36)22-35(26-13-9-23(3)10-14-26)42(38,39)29-19-17-28(41-6)18-20-29/h9-20,24,30H,7-8,21-22H2,1-6H3,(H,33,37)/t24-,30+/m0/s1. The maximum atomic E-state index is 14.2. The first kappa shape index (κ1) is 33.0. The van der Waals surface area contributed by atoms with Crippen molar-refractivity contribution in [2.45, 2.75) is 69.0 Å². The fourth-order valence-corrected chi connectivity index (χ4v) is 6.23. The zero-order valence-electron chi connectivity index (χ0n) is 25.2. The molecule has 226 valence electrons. The highest BCUT2D eigenvalue weighted by Gasteiger charge is 2.34. The molecular weight excluding hydrogens is 571 g/mol. The molecule has 3 aromatic rings. The molecule has 0 unspecified atom stereocenters. The summed E-state index contributed by atoms with van der Waals surface area (Å²) >= 11 is 1.51. The lowest BCUT2D eigenvalue weighted by molar-refractivity contribution is -0.140. The molecule has 0 aromatic heterocycles. The fourth-order valence-electron chi connectivity index (χ4n) is 4.40. The zero-order chi connectivity index (χ0) is 30.9. The van der Waals surface area contributed by atoms with Crippen molar-refractivity contribution in [3.05, 3.63) is 83.9 Å². The molecule has 0 bridgehead atoms. The summed E-state index contributed by atoms with van der Waals surface area (Å²) in [5.41, 5.74) is 2.11. The summed E-state index contributed by atoms with van der Waals surface area (Å²) in [5, 5.41) is 2.99. The highest BCUT2D eigenvalue weighted by molar-refractivity contribution is 7.98. The second-order valence-corrected chi connectivity index (χ2v) is 12.9. The number of carbonyl (C=O) groups excluding carboxylic acids is 2. The summed E-state index contributed by atoms with van der Waals surface area (Å²) in [6, 6.07) is 20.0. The molecule has 0 aliphatic rings. The molecule has 0 radical (unpaired) electrons. The molecule has 0 aliphatic carbocycles. The first-order chi connectivity index (χ1) is 20.0. The number of rotatable bonds is 14. The number of hydrogen-bond donors (Lipinski definition) is 1. The molecular formula is C32H41N3O5S2. The molecule has 0 saturated heterocycles. The molecule has 0 spiro atoms. The number of nitrogens with one attached hydrogen (secondary N) is 1. The number of amides is 2. The first-order valence-corrected chi connectivity index (χ1v) is 16.7. The van der Waals surface area contributed by atoms with E-state index in [9.17, 15) is 18.0 Å². The largest absolute Gasteiger partial charge is 0.497 e. The molecule has 0 aliphatic heterocycles. The lowest BCUT2D eigenvalue weighted by Gasteiger charge is -2.33. The number of sulfonamides is 1. The first-order valence-electron chi connectivity index (χ1n) is 14.0. The molecule has 3 aromatic carbocycles. The van der Waals surface area contributed by atoms with Gasteiger partial charge in [0, 0.05) is 17.5 Å². The third kappa shape index (κ3) is 8.29. The molecule has 1 N–H and O–H groups in total. The molecule has 42 heavy (non-hydrogen) atoms. The van der Waals surface area contributed by atoms with Crippen LogP contribution in [0.15, 0.2) is 82.6 Å². The summed E-state index contributed by atoms with van der Waals surface area (Å²) in [7, 11) is -2.54. The Morgan fingerprint density at radius 3 is 2.07 bits per heavy atom. The van der Waals surface area contributed by atoms with Gasteiger partial charge in [-0.2, -0.15) is 0 Å².